The van der Waals surface area contributed by atoms with Crippen molar-refractivity contribution < 1.29 is 23.1 Å². The molecule has 8 nitrogen and oxygen atoms in total. The fourth-order valence-corrected chi connectivity index (χ4v) is 3.53. The maximum Gasteiger partial charge on any atom is 0.341 e. The van der Waals surface area contributed by atoms with Crippen molar-refractivity contribution in [2.24, 2.45) is 0 Å². The van der Waals surface area contributed by atoms with Gasteiger partial charge in [0.2, 0.25) is 5.82 Å². The number of aromatic nitrogens is 4. The molecule has 3 heterocycles. The van der Waals surface area contributed by atoms with Crippen molar-refractivity contribution in [3.05, 3.63) is 39.3 Å². The van der Waals surface area contributed by atoms with Crippen molar-refractivity contribution in [3.63, 3.8) is 0 Å². The number of amides is 1. The Bertz CT molecular complexity index is 1060. The summed E-state index contributed by atoms with van der Waals surface area (Å²) in [7, 11) is 1.24. The maximum absolute atomic E-state index is 13.2. The minimum absolute atomic E-state index is 0.109. The molecular formula is C16H15F2N5O3S. The molecule has 3 rings (SSSR count). The number of aryl methyl sites for hydroxylation is 2. The molecule has 0 aliphatic rings. The number of nitrogens with one attached hydrogen (secondary N) is 1. The quantitative estimate of drug-likeness (QED) is 0.682. The molecule has 0 aliphatic carbocycles. The molecule has 3 aromatic heterocycles. The third kappa shape index (κ3) is 3.37. The van der Waals surface area contributed by atoms with E-state index in [4.69, 9.17) is 4.74 Å². The second kappa shape index (κ2) is 6.99. The highest BCUT2D eigenvalue weighted by atomic mass is 32.1. The van der Waals surface area contributed by atoms with Gasteiger partial charge in [0.25, 0.3) is 18.1 Å². The first kappa shape index (κ1) is 18.8. The summed E-state index contributed by atoms with van der Waals surface area (Å²) in [6.07, 6.45) is -2.81. The SMILES string of the molecule is COC(=O)c1c(NC(=O)c2nc3nc(C)cc(C(F)F)n3n2)sc(C)c1C. The van der Waals surface area contributed by atoms with Gasteiger partial charge in [0, 0.05) is 10.6 Å². The Kier molecular flexibility index (Phi) is 4.87. The van der Waals surface area contributed by atoms with Gasteiger partial charge in [0.15, 0.2) is 0 Å². The van der Waals surface area contributed by atoms with Crippen LogP contribution >= 0.6 is 11.3 Å². The average Bonchev–Trinajstić information content (AvgIpc) is 3.15. The molecule has 0 saturated heterocycles. The number of rotatable bonds is 4. The number of anilines is 1. The predicted octanol–water partition coefficient (Wildman–Crippen LogP) is 3.09. The Balaban J connectivity index is 2.00. The Morgan fingerprint density at radius 3 is 2.59 bits per heavy atom. The number of halogens is 2. The van der Waals surface area contributed by atoms with Gasteiger partial charge in [-0.05, 0) is 32.4 Å². The molecule has 0 saturated carbocycles. The van der Waals surface area contributed by atoms with E-state index in [1.807, 2.05) is 0 Å². The summed E-state index contributed by atoms with van der Waals surface area (Å²) in [4.78, 5) is 33.3. The maximum atomic E-state index is 13.2. The van der Waals surface area contributed by atoms with Crippen LogP contribution < -0.4 is 5.32 Å². The number of hydrogen-bond acceptors (Lipinski definition) is 7. The molecule has 0 atom stereocenters. The zero-order valence-corrected chi connectivity index (χ0v) is 15.6. The molecule has 0 unspecified atom stereocenters. The van der Waals surface area contributed by atoms with Crippen LogP contribution in [0.1, 0.15) is 49.2 Å². The lowest BCUT2D eigenvalue weighted by Gasteiger charge is -2.04. The monoisotopic (exact) mass is 395 g/mol. The highest BCUT2D eigenvalue weighted by Crippen LogP contribution is 2.33. The van der Waals surface area contributed by atoms with Gasteiger partial charge in [-0.15, -0.1) is 16.4 Å². The van der Waals surface area contributed by atoms with Crippen molar-refractivity contribution in [2.75, 3.05) is 12.4 Å². The summed E-state index contributed by atoms with van der Waals surface area (Å²) >= 11 is 1.19. The Hall–Kier alpha value is -2.95. The van der Waals surface area contributed by atoms with Crippen molar-refractivity contribution in [3.8, 4) is 0 Å². The Morgan fingerprint density at radius 2 is 1.96 bits per heavy atom. The number of methoxy groups -OCH3 is 1. The molecular weight excluding hydrogens is 380 g/mol. The van der Waals surface area contributed by atoms with Gasteiger partial charge in [-0.2, -0.15) is 9.50 Å². The molecule has 0 spiro atoms. The van der Waals surface area contributed by atoms with Crippen LogP contribution in [-0.2, 0) is 4.74 Å². The van der Waals surface area contributed by atoms with E-state index in [9.17, 15) is 18.4 Å². The number of carbonyl (C=O) groups is 2. The van der Waals surface area contributed by atoms with Crippen LogP contribution in [0.15, 0.2) is 6.07 Å². The largest absolute Gasteiger partial charge is 0.465 e. The highest BCUT2D eigenvalue weighted by Gasteiger charge is 2.24. The lowest BCUT2D eigenvalue weighted by atomic mass is 10.1. The number of fused-ring (bicyclic) bond motifs is 1. The van der Waals surface area contributed by atoms with Crippen molar-refractivity contribution in [1.29, 1.82) is 0 Å². The van der Waals surface area contributed by atoms with Gasteiger partial charge in [-0.25, -0.2) is 18.6 Å². The second-order valence-electron chi connectivity index (χ2n) is 5.70. The molecule has 142 valence electrons. The summed E-state index contributed by atoms with van der Waals surface area (Å²) in [6.45, 7) is 5.07. The van der Waals surface area contributed by atoms with Crippen LogP contribution in [0, 0.1) is 20.8 Å². The van der Waals surface area contributed by atoms with Crippen LogP contribution in [0.2, 0.25) is 0 Å². The van der Waals surface area contributed by atoms with E-state index >= 15 is 0 Å². The first-order chi connectivity index (χ1) is 12.7. The highest BCUT2D eigenvalue weighted by molar-refractivity contribution is 7.16. The van der Waals surface area contributed by atoms with E-state index in [1.54, 1.807) is 20.8 Å². The molecule has 1 amide bonds. The molecule has 27 heavy (non-hydrogen) atoms. The zero-order chi connectivity index (χ0) is 19.9. The number of alkyl halides is 2. The number of ether oxygens (including phenoxy) is 1. The number of hydrogen-bond donors (Lipinski definition) is 1. The fourth-order valence-electron chi connectivity index (χ4n) is 2.49. The van der Waals surface area contributed by atoms with Gasteiger partial charge >= 0.3 is 5.97 Å². The van der Waals surface area contributed by atoms with Crippen molar-refractivity contribution >= 4 is 34.0 Å². The summed E-state index contributed by atoms with van der Waals surface area (Å²) in [5.74, 6) is -1.78. The fraction of sp³-hybridized carbons (Fsp3) is 0.312. The Morgan fingerprint density at radius 1 is 1.26 bits per heavy atom. The number of esters is 1. The first-order valence-electron chi connectivity index (χ1n) is 7.75. The minimum Gasteiger partial charge on any atom is -0.465 e. The normalized spacial score (nSPS) is 11.2. The minimum atomic E-state index is -2.81. The van der Waals surface area contributed by atoms with Crippen molar-refractivity contribution in [1.82, 2.24) is 19.6 Å². The summed E-state index contributed by atoms with van der Waals surface area (Å²) in [6, 6.07) is 1.18. The van der Waals surface area contributed by atoms with Crippen LogP contribution in [0.3, 0.4) is 0 Å². The summed E-state index contributed by atoms with van der Waals surface area (Å²) in [5.41, 5.74) is 0.832. The summed E-state index contributed by atoms with van der Waals surface area (Å²) in [5, 5.41) is 6.66. The summed E-state index contributed by atoms with van der Waals surface area (Å²) < 4.78 is 32.0. The number of thiophene rings is 1. The van der Waals surface area contributed by atoms with E-state index in [0.717, 1.165) is 9.39 Å². The molecule has 0 aromatic carbocycles. The smallest absolute Gasteiger partial charge is 0.341 e. The number of carbonyl (C=O) groups excluding carboxylic acids is 2. The molecule has 1 N–H and O–H groups in total. The van der Waals surface area contributed by atoms with Gasteiger partial charge in [-0.1, -0.05) is 0 Å². The molecule has 0 radical (unpaired) electrons. The zero-order valence-electron chi connectivity index (χ0n) is 14.8. The third-order valence-corrected chi connectivity index (χ3v) is 5.02. The molecule has 3 aromatic rings. The lowest BCUT2D eigenvalue weighted by molar-refractivity contribution is 0.0601. The Labute approximate surface area is 156 Å². The lowest BCUT2D eigenvalue weighted by Crippen LogP contribution is -2.16. The van der Waals surface area contributed by atoms with Gasteiger partial charge in [0.05, 0.1) is 12.7 Å². The van der Waals surface area contributed by atoms with Gasteiger partial charge < -0.3 is 10.1 Å². The van der Waals surface area contributed by atoms with E-state index < -0.39 is 24.0 Å². The number of nitrogens with zero attached hydrogens (tertiary/aromatic N) is 4. The van der Waals surface area contributed by atoms with Gasteiger partial charge in [-0.3, -0.25) is 4.79 Å². The predicted molar refractivity (Wildman–Crippen MR) is 93.6 cm³/mol. The molecule has 11 heteroatoms. The van der Waals surface area contributed by atoms with Crippen molar-refractivity contribution in [2.45, 2.75) is 27.2 Å². The first-order valence-corrected chi connectivity index (χ1v) is 8.56. The van der Waals surface area contributed by atoms with Crippen LogP contribution in [0.5, 0.6) is 0 Å². The topological polar surface area (TPSA) is 98.5 Å². The van der Waals surface area contributed by atoms with Crippen LogP contribution in [0.4, 0.5) is 13.8 Å². The standard InChI is InChI=1S/C16H15F2N5O3S/c1-6-5-9(11(17)18)23-16(19-6)20-12(22-23)13(24)21-14-10(15(25)26-4)7(2)8(3)27-14/h5,11H,1-4H3,(H,21,24). The van der Waals surface area contributed by atoms with E-state index in [2.05, 4.69) is 20.4 Å². The van der Waals surface area contributed by atoms with Crippen LogP contribution in [0.25, 0.3) is 5.78 Å². The van der Waals surface area contributed by atoms with E-state index in [0.29, 0.717) is 11.3 Å². The van der Waals surface area contributed by atoms with E-state index in [-0.39, 0.29) is 22.2 Å². The van der Waals surface area contributed by atoms with Gasteiger partial charge in [0.1, 0.15) is 10.7 Å². The second-order valence-corrected chi connectivity index (χ2v) is 6.93. The molecule has 0 bridgehead atoms. The third-order valence-electron chi connectivity index (χ3n) is 3.90. The van der Waals surface area contributed by atoms with E-state index in [1.165, 1.54) is 24.5 Å². The molecule has 0 fully saturated rings. The van der Waals surface area contributed by atoms with Crippen LogP contribution in [-0.4, -0.2) is 38.6 Å². The molecule has 0 aliphatic heterocycles. The average molecular weight is 395 g/mol.